The summed E-state index contributed by atoms with van der Waals surface area (Å²) in [5, 5.41) is 29.5. The van der Waals surface area contributed by atoms with Crippen molar-refractivity contribution in [3.63, 3.8) is 0 Å². The van der Waals surface area contributed by atoms with Gasteiger partial charge in [0.05, 0.1) is 25.2 Å². The summed E-state index contributed by atoms with van der Waals surface area (Å²) in [6.45, 7) is 16.5. The molecule has 0 spiro atoms. The lowest BCUT2D eigenvalue weighted by atomic mass is 9.74. The molecule has 0 saturated heterocycles. The van der Waals surface area contributed by atoms with Gasteiger partial charge in [-0.05, 0) is 120 Å². The zero-order valence-electron chi connectivity index (χ0n) is 29.9. The Balaban J connectivity index is 6.53. The molecule has 1 unspecified atom stereocenters. The van der Waals surface area contributed by atoms with Crippen LogP contribution in [0.3, 0.4) is 0 Å². The Bertz CT molecular complexity index is 1030. The summed E-state index contributed by atoms with van der Waals surface area (Å²) < 4.78 is 5.72. The van der Waals surface area contributed by atoms with E-state index < -0.39 is 36.6 Å². The molecule has 0 heterocycles. The average molecular weight is 629 g/mol. The van der Waals surface area contributed by atoms with Crippen LogP contribution >= 0.6 is 0 Å². The number of hydrogen-bond acceptors (Lipinski definition) is 6. The average Bonchev–Trinajstić information content (AvgIpc) is 2.97. The first-order valence-corrected chi connectivity index (χ1v) is 16.6. The van der Waals surface area contributed by atoms with Crippen LogP contribution in [-0.2, 0) is 14.3 Å². The Labute approximate surface area is 274 Å². The minimum absolute atomic E-state index is 0.190. The summed E-state index contributed by atoms with van der Waals surface area (Å²) in [6.07, 6.45) is 19.0. The van der Waals surface area contributed by atoms with Crippen LogP contribution in [0, 0.1) is 10.8 Å². The van der Waals surface area contributed by atoms with Gasteiger partial charge in [-0.3, -0.25) is 9.59 Å². The Kier molecular flexibility index (Phi) is 21.6. The summed E-state index contributed by atoms with van der Waals surface area (Å²) in [5.41, 5.74) is 4.30. The van der Waals surface area contributed by atoms with Crippen LogP contribution in [0.2, 0.25) is 0 Å². The molecule has 0 amide bonds. The lowest BCUT2D eigenvalue weighted by molar-refractivity contribution is -0.166. The zero-order chi connectivity index (χ0) is 34.5. The number of hydrogen-bond donors (Lipinski definition) is 3. The highest BCUT2D eigenvalue weighted by Gasteiger charge is 2.46. The molecule has 0 aromatic carbocycles. The quantitative estimate of drug-likeness (QED) is 0.0594. The SMILES string of the molecule is CC(C)=CCC/C(C)=C\CC(C/C=C(\C)CCC=C(C)C)(C(=O)CC/C=C(\C)CCC=C(C)C)C(=O)OCC(CO)(CO)CO. The predicted octanol–water partition coefficient (Wildman–Crippen LogP) is 8.69. The van der Waals surface area contributed by atoms with E-state index in [4.69, 9.17) is 4.74 Å². The molecule has 0 aliphatic carbocycles. The Hall–Kier alpha value is -2.54. The summed E-state index contributed by atoms with van der Waals surface area (Å²) in [4.78, 5) is 28.2. The smallest absolute Gasteiger partial charge is 0.320 e. The molecule has 6 heteroatoms. The van der Waals surface area contributed by atoms with Crippen LogP contribution in [0.4, 0.5) is 0 Å². The Morgan fingerprint density at radius 3 is 1.24 bits per heavy atom. The largest absolute Gasteiger partial charge is 0.464 e. The summed E-state index contributed by atoms with van der Waals surface area (Å²) in [5.74, 6) is -0.872. The highest BCUT2D eigenvalue weighted by atomic mass is 16.5. The van der Waals surface area contributed by atoms with E-state index in [9.17, 15) is 24.9 Å². The molecule has 0 rings (SSSR count). The molecule has 0 radical (unpaired) electrons. The van der Waals surface area contributed by atoms with E-state index in [1.165, 1.54) is 22.3 Å². The fourth-order valence-electron chi connectivity index (χ4n) is 4.69. The van der Waals surface area contributed by atoms with Crippen LogP contribution < -0.4 is 0 Å². The van der Waals surface area contributed by atoms with E-state index in [1.54, 1.807) is 0 Å². The highest BCUT2D eigenvalue weighted by molar-refractivity contribution is 6.04. The second-order valence-electron chi connectivity index (χ2n) is 13.6. The van der Waals surface area contributed by atoms with Gasteiger partial charge in [0.1, 0.15) is 12.0 Å². The molecule has 0 aromatic rings. The van der Waals surface area contributed by atoms with E-state index >= 15 is 0 Å². The normalized spacial score (nSPS) is 14.0. The maximum Gasteiger partial charge on any atom is 0.320 e. The molecule has 0 bridgehead atoms. The monoisotopic (exact) mass is 628 g/mol. The van der Waals surface area contributed by atoms with Crippen LogP contribution in [0.1, 0.15) is 127 Å². The number of rotatable bonds is 23. The molecule has 0 aromatic heterocycles. The molecule has 45 heavy (non-hydrogen) atoms. The molecule has 0 aliphatic heterocycles. The molecule has 3 N–H and O–H groups in total. The van der Waals surface area contributed by atoms with Crippen molar-refractivity contribution < 1.29 is 29.6 Å². The number of ketones is 1. The van der Waals surface area contributed by atoms with Crippen LogP contribution in [0.15, 0.2) is 69.9 Å². The van der Waals surface area contributed by atoms with Gasteiger partial charge in [-0.1, -0.05) is 69.9 Å². The second kappa shape index (κ2) is 22.9. The van der Waals surface area contributed by atoms with Crippen molar-refractivity contribution in [3.8, 4) is 0 Å². The third kappa shape index (κ3) is 17.7. The van der Waals surface area contributed by atoms with Crippen molar-refractivity contribution in [1.82, 2.24) is 0 Å². The fourth-order valence-corrected chi connectivity index (χ4v) is 4.69. The topological polar surface area (TPSA) is 104 Å². The minimum Gasteiger partial charge on any atom is -0.464 e. The molecular formula is C39H64O6. The van der Waals surface area contributed by atoms with E-state index in [2.05, 4.69) is 72.8 Å². The molecule has 0 saturated carbocycles. The van der Waals surface area contributed by atoms with Gasteiger partial charge >= 0.3 is 5.97 Å². The molecule has 6 nitrogen and oxygen atoms in total. The number of ether oxygens (including phenoxy) is 1. The number of aliphatic hydroxyl groups excluding tert-OH is 3. The number of esters is 1. The summed E-state index contributed by atoms with van der Waals surface area (Å²) in [7, 11) is 0. The van der Waals surface area contributed by atoms with Crippen molar-refractivity contribution >= 4 is 11.8 Å². The van der Waals surface area contributed by atoms with E-state index in [1.807, 2.05) is 26.0 Å². The highest BCUT2D eigenvalue weighted by Crippen LogP contribution is 2.36. The van der Waals surface area contributed by atoms with E-state index in [-0.39, 0.29) is 31.7 Å². The predicted molar refractivity (Wildman–Crippen MR) is 188 cm³/mol. The Morgan fingerprint density at radius 1 is 0.533 bits per heavy atom. The number of Topliss-reactive ketones (excluding diaryl/α,β-unsaturated/α-hetero) is 1. The first-order valence-electron chi connectivity index (χ1n) is 16.6. The van der Waals surface area contributed by atoms with Gasteiger partial charge in [-0.2, -0.15) is 0 Å². The van der Waals surface area contributed by atoms with Crippen LogP contribution in [-0.4, -0.2) is 53.5 Å². The molecular weight excluding hydrogens is 564 g/mol. The molecule has 256 valence electrons. The molecule has 1 atom stereocenters. The lowest BCUT2D eigenvalue weighted by Gasteiger charge is -2.32. The first-order chi connectivity index (χ1) is 21.2. The number of allylic oxidation sites excluding steroid dienone is 12. The maximum atomic E-state index is 14.2. The molecule has 0 aliphatic rings. The third-order valence-corrected chi connectivity index (χ3v) is 8.18. The van der Waals surface area contributed by atoms with Gasteiger partial charge in [-0.15, -0.1) is 0 Å². The first kappa shape index (κ1) is 42.5. The number of aliphatic hydroxyl groups is 3. The fraction of sp³-hybridized carbons (Fsp3) is 0.641. The van der Waals surface area contributed by atoms with Crippen LogP contribution in [0.25, 0.3) is 0 Å². The standard InChI is InChI=1S/C39H64O6/c1-30(2)14-10-17-33(7)20-13-21-36(43)39(24-22-34(8)18-11-15-31(3)4,25-23-35(9)19-12-16-32(5)6)37(44)45-29-38(26-40,27-41)28-42/h14-16,20,22-23,40-42H,10-13,17-19,21,24-29H2,1-9H3/b33-20+,34-22-,35-23+. The minimum atomic E-state index is -1.47. The number of carbonyl (C=O) groups excluding carboxylic acids is 2. The zero-order valence-corrected chi connectivity index (χ0v) is 29.9. The van der Waals surface area contributed by atoms with Gasteiger partial charge in [0.2, 0.25) is 0 Å². The van der Waals surface area contributed by atoms with E-state index in [0.29, 0.717) is 6.42 Å². The van der Waals surface area contributed by atoms with Crippen molar-refractivity contribution in [1.29, 1.82) is 0 Å². The maximum absolute atomic E-state index is 14.2. The van der Waals surface area contributed by atoms with Gasteiger partial charge < -0.3 is 20.1 Å². The number of carbonyl (C=O) groups is 2. The molecule has 0 fully saturated rings. The third-order valence-electron chi connectivity index (χ3n) is 8.18. The lowest BCUT2D eigenvalue weighted by Crippen LogP contribution is -2.45. The second-order valence-corrected chi connectivity index (χ2v) is 13.6. The summed E-state index contributed by atoms with van der Waals surface area (Å²) >= 11 is 0. The van der Waals surface area contributed by atoms with Crippen LogP contribution in [0.5, 0.6) is 0 Å². The van der Waals surface area contributed by atoms with E-state index in [0.717, 1.165) is 49.7 Å². The van der Waals surface area contributed by atoms with Crippen molar-refractivity contribution in [2.24, 2.45) is 10.8 Å². The van der Waals surface area contributed by atoms with Gasteiger partial charge in [0, 0.05) is 6.42 Å². The van der Waals surface area contributed by atoms with Crippen molar-refractivity contribution in [2.75, 3.05) is 26.4 Å². The van der Waals surface area contributed by atoms with Gasteiger partial charge in [-0.25, -0.2) is 0 Å². The summed E-state index contributed by atoms with van der Waals surface area (Å²) in [6, 6.07) is 0. The van der Waals surface area contributed by atoms with Crippen molar-refractivity contribution in [3.05, 3.63) is 69.9 Å². The van der Waals surface area contributed by atoms with Gasteiger partial charge in [0.15, 0.2) is 5.78 Å². The van der Waals surface area contributed by atoms with Gasteiger partial charge in [0.25, 0.3) is 0 Å². The van der Waals surface area contributed by atoms with Crippen molar-refractivity contribution in [2.45, 2.75) is 127 Å². The Morgan fingerprint density at radius 2 is 0.889 bits per heavy atom.